The van der Waals surface area contributed by atoms with E-state index in [1.165, 1.54) is 32.3 Å². The number of allylic oxidation sites excluding steroid dienone is 2. The number of phenols is 1. The Hall–Kier alpha value is -4.11. The molecule has 14 heteroatoms. The fourth-order valence-corrected chi connectivity index (χ4v) is 5.80. The molecule has 0 unspecified atom stereocenters. The van der Waals surface area contributed by atoms with Crippen molar-refractivity contribution in [1.29, 1.82) is 0 Å². The molecule has 1 aliphatic heterocycles. The molecule has 0 radical (unpaired) electrons. The minimum atomic E-state index is -1.00. The number of aromatic hydroxyl groups is 1. The lowest BCUT2D eigenvalue weighted by molar-refractivity contribution is -0.112. The number of amides is 3. The molecule has 1 aromatic carbocycles. The molecule has 1 aliphatic rings. The average molecular weight is 691 g/mol. The van der Waals surface area contributed by atoms with Crippen molar-refractivity contribution in [3.63, 3.8) is 0 Å². The molecular formula is C35H54N4O10. The third-order valence-corrected chi connectivity index (χ3v) is 8.61. The van der Waals surface area contributed by atoms with Crippen LogP contribution in [0.2, 0.25) is 0 Å². The Kier molecular flexibility index (Phi) is 16.1. The monoisotopic (exact) mass is 690 g/mol. The summed E-state index contributed by atoms with van der Waals surface area (Å²) in [5.74, 6) is -2.17. The maximum atomic E-state index is 13.4. The highest BCUT2D eigenvalue weighted by Crippen LogP contribution is 2.49. The summed E-state index contributed by atoms with van der Waals surface area (Å²) >= 11 is 0. The highest BCUT2D eigenvalue weighted by atomic mass is 16.6. The molecular weight excluding hydrogens is 636 g/mol. The van der Waals surface area contributed by atoms with Crippen LogP contribution >= 0.6 is 0 Å². The van der Waals surface area contributed by atoms with E-state index in [-0.39, 0.29) is 46.4 Å². The van der Waals surface area contributed by atoms with Crippen LogP contribution in [0, 0.1) is 17.8 Å². The summed E-state index contributed by atoms with van der Waals surface area (Å²) in [6.07, 6.45) is 2.04. The van der Waals surface area contributed by atoms with E-state index in [1.807, 2.05) is 26.8 Å². The molecule has 0 saturated heterocycles. The van der Waals surface area contributed by atoms with Crippen LogP contribution in [0.25, 0.3) is 0 Å². The van der Waals surface area contributed by atoms with Gasteiger partial charge in [0.1, 0.15) is 11.9 Å². The average Bonchev–Trinajstić information content (AvgIpc) is 3.05. The SMILES string of the molecule is CNCCN(C)C(=O)Oc1cc2c(O)c(c1OC)[C@H](OC)[C@@H](C)C[C@@H](OC)[C@@H](O)[C@@H](C)/C=C(/C)[C@H](OC(N)=O)[C@H](C)/C=C\C=C(\C)C(=O)N2. The van der Waals surface area contributed by atoms with Crippen LogP contribution in [-0.2, 0) is 19.0 Å². The lowest BCUT2D eigenvalue weighted by Crippen LogP contribution is -2.36. The topological polar surface area (TPSA) is 191 Å². The van der Waals surface area contributed by atoms with Crippen LogP contribution in [0.5, 0.6) is 17.2 Å². The van der Waals surface area contributed by atoms with Crippen LogP contribution in [0.1, 0.15) is 52.7 Å². The van der Waals surface area contributed by atoms with Gasteiger partial charge < -0.3 is 55.2 Å². The van der Waals surface area contributed by atoms with Crippen molar-refractivity contribution in [2.24, 2.45) is 23.5 Å². The van der Waals surface area contributed by atoms with Crippen LogP contribution in [0.3, 0.4) is 0 Å². The largest absolute Gasteiger partial charge is 0.505 e. The zero-order valence-electron chi connectivity index (χ0n) is 30.2. The molecule has 2 rings (SSSR count). The Labute approximate surface area is 289 Å². The molecule has 0 saturated carbocycles. The number of likely N-dealkylation sites (N-methyl/N-ethyl adjacent to an activating group) is 2. The number of primary amides is 1. The van der Waals surface area contributed by atoms with Crippen LogP contribution in [0.15, 0.2) is 41.5 Å². The summed E-state index contributed by atoms with van der Waals surface area (Å²) in [4.78, 5) is 39.6. The van der Waals surface area contributed by atoms with Gasteiger partial charge in [0, 0.05) is 57.8 Å². The van der Waals surface area contributed by atoms with Gasteiger partial charge in [-0.25, -0.2) is 9.59 Å². The lowest BCUT2D eigenvalue weighted by Gasteiger charge is -2.32. The molecule has 7 atom stereocenters. The van der Waals surface area contributed by atoms with Gasteiger partial charge in [-0.2, -0.15) is 0 Å². The number of phenolic OH excluding ortho intramolecular Hbond substituents is 1. The van der Waals surface area contributed by atoms with E-state index in [4.69, 9.17) is 29.4 Å². The lowest BCUT2D eigenvalue weighted by atomic mass is 9.85. The van der Waals surface area contributed by atoms with Gasteiger partial charge in [-0.15, -0.1) is 0 Å². The van der Waals surface area contributed by atoms with Crippen LogP contribution in [-0.4, -0.2) is 100 Å². The van der Waals surface area contributed by atoms with E-state index in [0.29, 0.717) is 18.7 Å². The summed E-state index contributed by atoms with van der Waals surface area (Å²) in [6.45, 7) is 9.74. The number of carbonyl (C=O) groups excluding carboxylic acids is 3. The predicted molar refractivity (Wildman–Crippen MR) is 186 cm³/mol. The summed E-state index contributed by atoms with van der Waals surface area (Å²) in [5, 5.41) is 28.8. The first-order chi connectivity index (χ1) is 23.1. The molecule has 1 heterocycles. The fourth-order valence-electron chi connectivity index (χ4n) is 5.80. The van der Waals surface area contributed by atoms with Crippen LogP contribution in [0.4, 0.5) is 15.3 Å². The van der Waals surface area contributed by atoms with Gasteiger partial charge in [-0.3, -0.25) is 4.79 Å². The van der Waals surface area contributed by atoms with Gasteiger partial charge >= 0.3 is 12.2 Å². The first-order valence-electron chi connectivity index (χ1n) is 16.2. The van der Waals surface area contributed by atoms with Gasteiger partial charge in [0.25, 0.3) is 5.91 Å². The van der Waals surface area contributed by atoms with Crippen molar-refractivity contribution in [1.82, 2.24) is 10.2 Å². The summed E-state index contributed by atoms with van der Waals surface area (Å²) in [7, 11) is 7.64. The molecule has 1 aromatic rings. The number of carbonyl (C=O) groups is 3. The van der Waals surface area contributed by atoms with Crippen molar-refractivity contribution < 1.29 is 48.3 Å². The number of aliphatic hydroxyl groups excluding tert-OH is 1. The summed E-state index contributed by atoms with van der Waals surface area (Å²) in [5.41, 5.74) is 6.42. The highest BCUT2D eigenvalue weighted by Gasteiger charge is 2.35. The number of rotatable bonds is 8. The number of fused-ring (bicyclic) bond motifs is 2. The van der Waals surface area contributed by atoms with Gasteiger partial charge in [0.05, 0.1) is 36.7 Å². The van der Waals surface area contributed by atoms with E-state index >= 15 is 0 Å². The maximum Gasteiger partial charge on any atom is 0.415 e. The molecule has 3 amide bonds. The molecule has 14 nitrogen and oxygen atoms in total. The van der Waals surface area contributed by atoms with Crippen molar-refractivity contribution in [2.75, 3.05) is 53.8 Å². The molecule has 2 bridgehead atoms. The zero-order chi connectivity index (χ0) is 37.0. The molecule has 0 aromatic heterocycles. The first-order valence-corrected chi connectivity index (χ1v) is 16.2. The quantitative estimate of drug-likeness (QED) is 0.193. The van der Waals surface area contributed by atoms with E-state index in [1.54, 1.807) is 46.2 Å². The number of nitrogens with one attached hydrogen (secondary N) is 2. The van der Waals surface area contributed by atoms with Gasteiger partial charge in [0.2, 0.25) is 0 Å². The van der Waals surface area contributed by atoms with Crippen molar-refractivity contribution in [3.8, 4) is 17.2 Å². The number of methoxy groups -OCH3 is 3. The normalized spacial score (nSPS) is 28.2. The van der Waals surface area contributed by atoms with Crippen molar-refractivity contribution in [2.45, 2.75) is 65.5 Å². The van der Waals surface area contributed by atoms with E-state index in [2.05, 4.69) is 10.6 Å². The Morgan fingerprint density at radius 3 is 2.35 bits per heavy atom. The number of ether oxygens (including phenoxy) is 5. The maximum absolute atomic E-state index is 13.4. The second-order valence-electron chi connectivity index (χ2n) is 12.4. The standard InChI is InChI=1S/C35H54N4O10/c1-19-12-11-13-20(2)33(42)38-24-18-26(48-35(44)39(7)15-14-37-6)32(47-10)27(29(24)41)31(46-9)23(5)17-25(45-8)28(40)21(3)16-22(4)30(19)49-34(36)43/h11-13,16,18-19,21,23,25,28,30-31,37,40-41H,14-15,17H2,1-10H3,(H2,36,43)(H,38,42)/b12-11-,20-13-,22-16-/t19-,21+,23+,25-,28+,30-,31-/m1/s1. The Bertz CT molecular complexity index is 1390. The molecule has 274 valence electrons. The number of aliphatic hydroxyl groups is 1. The number of anilines is 1. The molecule has 49 heavy (non-hydrogen) atoms. The van der Waals surface area contributed by atoms with E-state index in [0.717, 1.165) is 0 Å². The summed E-state index contributed by atoms with van der Waals surface area (Å²) < 4.78 is 28.6. The number of benzene rings is 1. The number of nitrogens with two attached hydrogens (primary N) is 1. The zero-order valence-corrected chi connectivity index (χ0v) is 30.2. The number of hydrogen-bond acceptors (Lipinski definition) is 11. The molecule has 0 aliphatic carbocycles. The Morgan fingerprint density at radius 1 is 1.10 bits per heavy atom. The summed E-state index contributed by atoms with van der Waals surface area (Å²) in [6, 6.07) is 1.31. The third-order valence-electron chi connectivity index (χ3n) is 8.61. The molecule has 0 fully saturated rings. The fraction of sp³-hybridized carbons (Fsp3) is 0.571. The molecule has 0 spiro atoms. The van der Waals surface area contributed by atoms with Crippen LogP contribution < -0.4 is 25.8 Å². The van der Waals surface area contributed by atoms with E-state index < -0.39 is 54.3 Å². The van der Waals surface area contributed by atoms with Gasteiger partial charge in [0.15, 0.2) is 11.5 Å². The Balaban J connectivity index is 2.81. The number of nitrogens with zero attached hydrogens (tertiary/aromatic N) is 1. The number of hydrogen-bond donors (Lipinski definition) is 5. The van der Waals surface area contributed by atoms with E-state index in [9.17, 15) is 24.6 Å². The first kappa shape index (κ1) is 41.1. The second kappa shape index (κ2) is 19.2. The minimum Gasteiger partial charge on any atom is -0.505 e. The third kappa shape index (κ3) is 10.9. The molecule has 6 N–H and O–H groups in total. The highest BCUT2D eigenvalue weighted by molar-refractivity contribution is 6.04. The smallest absolute Gasteiger partial charge is 0.415 e. The van der Waals surface area contributed by atoms with Crippen molar-refractivity contribution >= 4 is 23.8 Å². The van der Waals surface area contributed by atoms with Gasteiger partial charge in [-0.05, 0) is 38.8 Å². The Morgan fingerprint density at radius 2 is 1.78 bits per heavy atom. The van der Waals surface area contributed by atoms with Gasteiger partial charge in [-0.1, -0.05) is 45.1 Å². The minimum absolute atomic E-state index is 0.0292. The second-order valence-corrected chi connectivity index (χ2v) is 12.4. The predicted octanol–water partition coefficient (Wildman–Crippen LogP) is 4.28. The van der Waals surface area contributed by atoms with Crippen molar-refractivity contribution in [3.05, 3.63) is 47.1 Å².